The van der Waals surface area contributed by atoms with Gasteiger partial charge in [0.2, 0.25) is 0 Å². The molecule has 0 atom stereocenters. The van der Waals surface area contributed by atoms with E-state index in [0.717, 1.165) is 22.8 Å². The van der Waals surface area contributed by atoms with E-state index in [1.165, 1.54) is 0 Å². The third-order valence-electron chi connectivity index (χ3n) is 3.72. The topological polar surface area (TPSA) is 35.6 Å². The smallest absolute Gasteiger partial charge is 1.00 e. The van der Waals surface area contributed by atoms with E-state index in [9.17, 15) is 0 Å². The van der Waals surface area contributed by atoms with Crippen LogP contribution in [0.3, 0.4) is 0 Å². The maximum Gasteiger partial charge on any atom is 2.00 e. The van der Waals surface area contributed by atoms with Gasteiger partial charge in [0.25, 0.3) is 0 Å². The van der Waals surface area contributed by atoms with Crippen LogP contribution in [0, 0.1) is 39.8 Å². The van der Waals surface area contributed by atoms with Gasteiger partial charge in [-0.15, -0.1) is 0 Å². The van der Waals surface area contributed by atoms with Gasteiger partial charge in [-0.3, -0.25) is 0 Å². The van der Waals surface area contributed by atoms with E-state index in [1.54, 1.807) is 0 Å². The molecular formula is C23H25ClN4SeSn. The van der Waals surface area contributed by atoms with Crippen LogP contribution in [0.25, 0.3) is 0 Å². The van der Waals surface area contributed by atoms with Gasteiger partial charge in [-0.05, 0) is 12.1 Å². The zero-order valence-corrected chi connectivity index (χ0v) is 22.9. The van der Waals surface area contributed by atoms with Gasteiger partial charge < -0.3 is 12.4 Å². The number of nitrogens with zero attached hydrogens (tertiary/aromatic N) is 4. The Kier molecular flexibility index (Phi) is 14.5. The molecule has 0 saturated heterocycles. The van der Waals surface area contributed by atoms with Gasteiger partial charge in [0.05, 0.1) is 0 Å². The predicted octanol–water partition coefficient (Wildman–Crippen LogP) is 1.08. The van der Waals surface area contributed by atoms with Gasteiger partial charge in [-0.25, -0.2) is 0 Å². The van der Waals surface area contributed by atoms with Crippen molar-refractivity contribution >= 4 is 39.9 Å². The summed E-state index contributed by atoms with van der Waals surface area (Å²) in [5, 5.41) is 8.93. The molecule has 30 heavy (non-hydrogen) atoms. The Morgan fingerprint density at radius 1 is 0.700 bits per heavy atom. The van der Waals surface area contributed by atoms with Crippen LogP contribution in [-0.2, 0) is 0 Å². The second kappa shape index (κ2) is 15.3. The Balaban J connectivity index is 0.000000497. The van der Waals surface area contributed by atoms with Crippen LogP contribution in [0.2, 0.25) is 0 Å². The number of benzene rings is 2. The quantitative estimate of drug-likeness (QED) is 0.328. The maximum atomic E-state index is 4.46. The number of aromatic nitrogens is 4. The average molecular weight is 591 g/mol. The largest absolute Gasteiger partial charge is 2.00 e. The van der Waals surface area contributed by atoms with Gasteiger partial charge in [-0.1, -0.05) is 60.7 Å². The summed E-state index contributed by atoms with van der Waals surface area (Å²) < 4.78 is 3.91. The Hall–Kier alpha value is -1.53. The summed E-state index contributed by atoms with van der Waals surface area (Å²) in [5.74, 6) is 0. The van der Waals surface area contributed by atoms with Crippen molar-refractivity contribution in [1.82, 2.24) is 19.6 Å². The Bertz CT molecular complexity index is 811. The second-order valence-corrected chi connectivity index (χ2v) is 7.11. The van der Waals surface area contributed by atoms with E-state index in [-0.39, 0.29) is 41.4 Å². The van der Waals surface area contributed by atoms with Crippen molar-refractivity contribution in [3.05, 3.63) is 108 Å². The fourth-order valence-electron chi connectivity index (χ4n) is 2.53. The molecule has 154 valence electrons. The molecule has 0 amide bonds. The van der Waals surface area contributed by atoms with Crippen LogP contribution in [-0.4, -0.2) is 59.5 Å². The first kappa shape index (κ1) is 28.5. The zero-order chi connectivity index (χ0) is 20.4. The molecule has 0 fully saturated rings. The molecule has 4 nitrogen and oxygen atoms in total. The van der Waals surface area contributed by atoms with E-state index in [2.05, 4.69) is 64.3 Å². The number of rotatable bonds is 2. The molecule has 0 aliphatic heterocycles. The van der Waals surface area contributed by atoms with E-state index in [4.69, 9.17) is 0 Å². The Morgan fingerprint density at radius 3 is 1.20 bits per heavy atom. The molecule has 2 aromatic carbocycles. The molecule has 0 saturated carbocycles. The van der Waals surface area contributed by atoms with Crippen molar-refractivity contribution in [3.8, 4) is 0 Å². The zero-order valence-electron chi connectivity index (χ0n) is 17.6. The summed E-state index contributed by atoms with van der Waals surface area (Å²) >= 11 is 3.12. The summed E-state index contributed by atoms with van der Waals surface area (Å²) in [5.41, 5.74) is 4.32. The van der Waals surface area contributed by atoms with E-state index in [1.807, 2.05) is 83.9 Å². The fraction of sp³-hybridized carbons (Fsp3) is 0.217. The van der Waals surface area contributed by atoms with Crippen molar-refractivity contribution in [3.63, 3.8) is 0 Å². The van der Waals surface area contributed by atoms with Gasteiger partial charge >= 0.3 is 127 Å². The van der Waals surface area contributed by atoms with Crippen LogP contribution < -0.4 is 12.4 Å². The fourth-order valence-corrected chi connectivity index (χ4v) is 3.42. The van der Waals surface area contributed by atoms with Crippen molar-refractivity contribution in [2.75, 3.05) is 0 Å². The van der Waals surface area contributed by atoms with Crippen molar-refractivity contribution in [2.45, 2.75) is 32.8 Å². The predicted molar refractivity (Wildman–Crippen MR) is 120 cm³/mol. The maximum absolute atomic E-state index is 4.46. The molecule has 0 unspecified atom stereocenters. The van der Waals surface area contributed by atoms with Crippen LogP contribution in [0.4, 0.5) is 0 Å². The SMILES string of the molecule is Cc1cc(C)n(C([Se-])n2nc(C)cc2C)n1.[Cl-].[Sn+2].[c]1ccccc1.[c]1ccccc1. The van der Waals surface area contributed by atoms with E-state index < -0.39 is 0 Å². The van der Waals surface area contributed by atoms with Crippen molar-refractivity contribution < 1.29 is 12.4 Å². The average Bonchev–Trinajstić information content (AvgIpc) is 3.25. The summed E-state index contributed by atoms with van der Waals surface area (Å²) in [6, 6.07) is 29.1. The molecule has 0 aliphatic rings. The van der Waals surface area contributed by atoms with E-state index in [0.29, 0.717) is 0 Å². The molecule has 2 aromatic heterocycles. The van der Waals surface area contributed by atoms with E-state index >= 15 is 0 Å². The molecule has 2 heterocycles. The van der Waals surface area contributed by atoms with Crippen molar-refractivity contribution in [1.29, 1.82) is 0 Å². The normalized spacial score (nSPS) is 9.27. The van der Waals surface area contributed by atoms with Crippen molar-refractivity contribution in [2.24, 2.45) is 0 Å². The van der Waals surface area contributed by atoms with Crippen LogP contribution in [0.1, 0.15) is 27.8 Å². The number of hydrogen-bond acceptors (Lipinski definition) is 2. The third-order valence-corrected chi connectivity index (χ3v) is 4.56. The van der Waals surface area contributed by atoms with Crippen LogP contribution in [0.5, 0.6) is 0 Å². The second-order valence-electron chi connectivity index (χ2n) is 6.22. The van der Waals surface area contributed by atoms with Crippen LogP contribution >= 0.6 is 0 Å². The van der Waals surface area contributed by atoms with Gasteiger partial charge in [0.15, 0.2) is 0 Å². The number of hydrogen-bond donors (Lipinski definition) is 0. The van der Waals surface area contributed by atoms with Gasteiger partial charge in [-0.2, -0.15) is 0 Å². The molecular weight excluding hydrogens is 565 g/mol. The molecule has 0 spiro atoms. The number of aryl methyl sites for hydroxylation is 4. The Labute approximate surface area is 211 Å². The molecule has 4 radical (unpaired) electrons. The summed E-state index contributed by atoms with van der Waals surface area (Å²) in [6.45, 7) is 8.10. The molecule has 4 rings (SSSR count). The summed E-state index contributed by atoms with van der Waals surface area (Å²) in [6.07, 6.45) is 0. The minimum absolute atomic E-state index is 0. The monoisotopic (exact) mass is 592 g/mol. The van der Waals surface area contributed by atoms with Crippen LogP contribution in [0.15, 0.2) is 72.8 Å². The Morgan fingerprint density at radius 2 is 1.03 bits per heavy atom. The minimum atomic E-state index is 0. The summed E-state index contributed by atoms with van der Waals surface area (Å²) in [7, 11) is 0. The van der Waals surface area contributed by atoms with Gasteiger partial charge in [0.1, 0.15) is 0 Å². The molecule has 0 bridgehead atoms. The third kappa shape index (κ3) is 9.52. The number of halogens is 1. The van der Waals surface area contributed by atoms with Gasteiger partial charge in [0, 0.05) is 0 Å². The first-order chi connectivity index (χ1) is 13.5. The molecule has 7 heteroatoms. The molecule has 0 aliphatic carbocycles. The standard InChI is InChI=1S/C11H16N4Se.2C6H5.ClH.Sn/c1-7-5-9(3)14(12-7)11(16)15-10(4)6-8(2)13-15;2*1-2-4-6-5-3-1;;/h5-6,11,16H,1-4H3;2*1-5H;1H;/q;;;;+2/p-2. The molecule has 0 N–H and O–H groups in total. The molecule has 4 aromatic rings. The first-order valence-corrected chi connectivity index (χ1v) is 10.0. The minimum Gasteiger partial charge on any atom is -1.00 e. The summed E-state index contributed by atoms with van der Waals surface area (Å²) in [4.78, 5) is 0. The first-order valence-electron chi connectivity index (χ1n) is 9.02.